The van der Waals surface area contributed by atoms with Gasteiger partial charge in [0.15, 0.2) is 6.61 Å². The van der Waals surface area contributed by atoms with E-state index in [4.69, 9.17) is 0 Å². The lowest BCUT2D eigenvalue weighted by molar-refractivity contribution is -0.153. The lowest BCUT2D eigenvalue weighted by Crippen LogP contribution is -2.19. The number of ether oxygens (including phenoxy) is 1. The van der Waals surface area contributed by atoms with Gasteiger partial charge in [-0.25, -0.2) is 0 Å². The molecule has 0 saturated heterocycles. The summed E-state index contributed by atoms with van der Waals surface area (Å²) in [6.45, 7) is 3.85. The Balaban J connectivity index is 2.35. The summed E-state index contributed by atoms with van der Waals surface area (Å²) in [5, 5.41) is 3.19. The first-order valence-corrected chi connectivity index (χ1v) is 5.61. The number of halogens is 3. The van der Waals surface area contributed by atoms with E-state index in [0.717, 1.165) is 18.5 Å². The van der Waals surface area contributed by atoms with Crippen molar-refractivity contribution in [3.63, 3.8) is 0 Å². The number of benzene rings is 1. The van der Waals surface area contributed by atoms with Crippen LogP contribution in [-0.2, 0) is 6.54 Å². The molecule has 0 aliphatic carbocycles. The summed E-state index contributed by atoms with van der Waals surface area (Å²) in [7, 11) is 0. The summed E-state index contributed by atoms with van der Waals surface area (Å²) >= 11 is 0. The van der Waals surface area contributed by atoms with Crippen LogP contribution in [0.1, 0.15) is 12.0 Å². The van der Waals surface area contributed by atoms with Crippen molar-refractivity contribution in [2.45, 2.75) is 19.1 Å². The molecule has 1 rings (SSSR count). The quantitative estimate of drug-likeness (QED) is 0.599. The summed E-state index contributed by atoms with van der Waals surface area (Å²) in [6.07, 6.45) is -1.60. The molecule has 0 aliphatic heterocycles. The van der Waals surface area contributed by atoms with Crippen LogP contribution in [0.5, 0.6) is 5.75 Å². The smallest absolute Gasteiger partial charge is 0.422 e. The Morgan fingerprint density at radius 1 is 1.22 bits per heavy atom. The summed E-state index contributed by atoms with van der Waals surface area (Å²) in [4.78, 5) is 0. The first-order valence-electron chi connectivity index (χ1n) is 5.61. The molecule has 0 amide bonds. The Bertz CT molecular complexity index is 359. The topological polar surface area (TPSA) is 21.3 Å². The first-order chi connectivity index (χ1) is 8.51. The molecule has 0 aliphatic rings. The van der Waals surface area contributed by atoms with E-state index in [1.807, 2.05) is 6.08 Å². The van der Waals surface area contributed by atoms with Crippen LogP contribution < -0.4 is 10.1 Å². The van der Waals surface area contributed by atoms with E-state index in [0.29, 0.717) is 6.54 Å². The molecule has 0 bridgehead atoms. The van der Waals surface area contributed by atoms with Crippen LogP contribution >= 0.6 is 0 Å². The molecule has 0 saturated carbocycles. The van der Waals surface area contributed by atoms with Gasteiger partial charge in [0, 0.05) is 6.54 Å². The van der Waals surface area contributed by atoms with E-state index in [2.05, 4.69) is 16.6 Å². The van der Waals surface area contributed by atoms with E-state index in [1.54, 1.807) is 12.1 Å². The Kier molecular flexibility index (Phi) is 5.71. The molecule has 0 fully saturated rings. The van der Waals surface area contributed by atoms with Crippen molar-refractivity contribution in [1.29, 1.82) is 0 Å². The van der Waals surface area contributed by atoms with Crippen LogP contribution in [0.25, 0.3) is 0 Å². The van der Waals surface area contributed by atoms with E-state index in [1.165, 1.54) is 12.1 Å². The molecular weight excluding hydrogens is 243 g/mol. The van der Waals surface area contributed by atoms with Crippen LogP contribution in [0.3, 0.4) is 0 Å². The van der Waals surface area contributed by atoms with Crippen LogP contribution in [0.4, 0.5) is 13.2 Å². The highest BCUT2D eigenvalue weighted by molar-refractivity contribution is 5.27. The van der Waals surface area contributed by atoms with Crippen molar-refractivity contribution in [3.05, 3.63) is 42.5 Å². The fraction of sp³-hybridized carbons (Fsp3) is 0.385. The lowest BCUT2D eigenvalue weighted by Gasteiger charge is -2.09. The number of hydrogen-bond acceptors (Lipinski definition) is 2. The minimum absolute atomic E-state index is 0.224. The van der Waals surface area contributed by atoms with Gasteiger partial charge in [0.05, 0.1) is 0 Å². The molecule has 0 radical (unpaired) electrons. The normalized spacial score (nSPS) is 11.3. The number of hydrogen-bond donors (Lipinski definition) is 1. The summed E-state index contributed by atoms with van der Waals surface area (Å²) < 4.78 is 40.4. The van der Waals surface area contributed by atoms with Gasteiger partial charge in [0.2, 0.25) is 0 Å². The molecule has 18 heavy (non-hydrogen) atoms. The Morgan fingerprint density at radius 3 is 2.44 bits per heavy atom. The van der Waals surface area contributed by atoms with Gasteiger partial charge in [-0.3, -0.25) is 0 Å². The Hall–Kier alpha value is -1.49. The highest BCUT2D eigenvalue weighted by atomic mass is 19.4. The van der Waals surface area contributed by atoms with E-state index in [-0.39, 0.29) is 5.75 Å². The largest absolute Gasteiger partial charge is 0.484 e. The second-order valence-corrected chi connectivity index (χ2v) is 3.80. The number of alkyl halides is 3. The zero-order valence-corrected chi connectivity index (χ0v) is 9.96. The average molecular weight is 259 g/mol. The number of nitrogens with one attached hydrogen (secondary N) is 1. The van der Waals surface area contributed by atoms with Gasteiger partial charge in [0.25, 0.3) is 0 Å². The van der Waals surface area contributed by atoms with Gasteiger partial charge in [-0.1, -0.05) is 18.2 Å². The second-order valence-electron chi connectivity index (χ2n) is 3.80. The Morgan fingerprint density at radius 2 is 1.89 bits per heavy atom. The van der Waals surface area contributed by atoms with Gasteiger partial charge < -0.3 is 10.1 Å². The molecule has 0 spiro atoms. The lowest BCUT2D eigenvalue weighted by atomic mass is 10.2. The van der Waals surface area contributed by atoms with E-state index in [9.17, 15) is 13.2 Å². The van der Waals surface area contributed by atoms with Crippen molar-refractivity contribution < 1.29 is 17.9 Å². The third kappa shape index (κ3) is 6.30. The van der Waals surface area contributed by atoms with Gasteiger partial charge in [-0.15, -0.1) is 6.58 Å². The van der Waals surface area contributed by atoms with Crippen molar-refractivity contribution in [1.82, 2.24) is 5.32 Å². The maximum atomic E-state index is 11.9. The summed E-state index contributed by atoms with van der Waals surface area (Å²) in [5.41, 5.74) is 0.999. The summed E-state index contributed by atoms with van der Waals surface area (Å²) in [6, 6.07) is 6.56. The molecule has 0 unspecified atom stereocenters. The maximum absolute atomic E-state index is 11.9. The van der Waals surface area contributed by atoms with Crippen molar-refractivity contribution in [3.8, 4) is 5.75 Å². The zero-order valence-electron chi connectivity index (χ0n) is 9.96. The molecule has 0 heterocycles. The monoisotopic (exact) mass is 259 g/mol. The average Bonchev–Trinajstić information content (AvgIpc) is 2.33. The predicted molar refractivity (Wildman–Crippen MR) is 64.5 cm³/mol. The maximum Gasteiger partial charge on any atom is 0.422 e. The van der Waals surface area contributed by atoms with Crippen LogP contribution in [0, 0.1) is 0 Å². The zero-order chi connectivity index (χ0) is 13.4. The highest BCUT2D eigenvalue weighted by Crippen LogP contribution is 2.18. The molecule has 1 aromatic rings. The number of rotatable bonds is 7. The molecule has 0 aromatic heterocycles. The standard InChI is InChI=1S/C13H16F3NO/c1-2-3-8-17-9-11-4-6-12(7-5-11)18-10-13(14,15)16/h2,4-7,17H,1,3,8-10H2. The van der Waals surface area contributed by atoms with E-state index >= 15 is 0 Å². The molecule has 5 heteroatoms. The van der Waals surface area contributed by atoms with Gasteiger partial charge >= 0.3 is 6.18 Å². The molecular formula is C13H16F3NO. The third-order valence-corrected chi connectivity index (χ3v) is 2.18. The predicted octanol–water partition coefficient (Wildman–Crippen LogP) is 3.29. The van der Waals surface area contributed by atoms with Crippen LogP contribution in [-0.4, -0.2) is 19.3 Å². The highest BCUT2D eigenvalue weighted by Gasteiger charge is 2.28. The summed E-state index contributed by atoms with van der Waals surface area (Å²) in [5.74, 6) is 0.224. The molecule has 0 atom stereocenters. The van der Waals surface area contributed by atoms with E-state index < -0.39 is 12.8 Å². The van der Waals surface area contributed by atoms with Gasteiger partial charge in [-0.05, 0) is 30.7 Å². The van der Waals surface area contributed by atoms with Gasteiger partial charge in [-0.2, -0.15) is 13.2 Å². The van der Waals surface area contributed by atoms with Crippen molar-refractivity contribution >= 4 is 0 Å². The molecule has 1 aromatic carbocycles. The second kappa shape index (κ2) is 7.06. The van der Waals surface area contributed by atoms with Crippen molar-refractivity contribution in [2.75, 3.05) is 13.2 Å². The Labute approximate surface area is 104 Å². The van der Waals surface area contributed by atoms with Crippen LogP contribution in [0.15, 0.2) is 36.9 Å². The van der Waals surface area contributed by atoms with Gasteiger partial charge in [0.1, 0.15) is 5.75 Å². The molecule has 100 valence electrons. The third-order valence-electron chi connectivity index (χ3n) is 2.18. The fourth-order valence-electron chi connectivity index (χ4n) is 1.31. The SMILES string of the molecule is C=CCCNCc1ccc(OCC(F)(F)F)cc1. The first kappa shape index (κ1) is 14.6. The molecule has 1 N–H and O–H groups in total. The van der Waals surface area contributed by atoms with Crippen LogP contribution in [0.2, 0.25) is 0 Å². The van der Waals surface area contributed by atoms with Crippen molar-refractivity contribution in [2.24, 2.45) is 0 Å². The minimum Gasteiger partial charge on any atom is -0.484 e. The minimum atomic E-state index is -4.30. The molecule has 2 nitrogen and oxygen atoms in total. The fourth-order valence-corrected chi connectivity index (χ4v) is 1.31.